The monoisotopic (exact) mass is 346 g/mol. The number of aliphatic hydroxyl groups excluding tert-OH is 1. The lowest BCUT2D eigenvalue weighted by Crippen LogP contribution is -2.07. The SMILES string of the molecule is CC/C=C\C[C@H](O)C/C=C1/C(=O)C=C[C@@H]1C/C=C\CCCC(=O)OC. The first-order valence-corrected chi connectivity index (χ1v) is 9.05. The topological polar surface area (TPSA) is 63.6 Å². The predicted molar refractivity (Wildman–Crippen MR) is 100 cm³/mol. The van der Waals surface area contributed by atoms with Gasteiger partial charge in [0.25, 0.3) is 0 Å². The number of aliphatic hydroxyl groups is 1. The second-order valence-corrected chi connectivity index (χ2v) is 6.17. The summed E-state index contributed by atoms with van der Waals surface area (Å²) >= 11 is 0. The molecule has 0 aliphatic heterocycles. The molecule has 0 spiro atoms. The smallest absolute Gasteiger partial charge is 0.305 e. The summed E-state index contributed by atoms with van der Waals surface area (Å²) in [5.41, 5.74) is 0.776. The number of hydrogen-bond donors (Lipinski definition) is 1. The molecule has 1 rings (SSSR count). The molecule has 0 bridgehead atoms. The van der Waals surface area contributed by atoms with E-state index in [0.717, 1.165) is 31.3 Å². The summed E-state index contributed by atoms with van der Waals surface area (Å²) < 4.78 is 4.60. The number of allylic oxidation sites excluding steroid dienone is 6. The van der Waals surface area contributed by atoms with Crippen LogP contribution in [0.5, 0.6) is 0 Å². The number of methoxy groups -OCH3 is 1. The van der Waals surface area contributed by atoms with Gasteiger partial charge in [0.05, 0.1) is 13.2 Å². The highest BCUT2D eigenvalue weighted by Gasteiger charge is 2.21. The van der Waals surface area contributed by atoms with E-state index in [0.29, 0.717) is 19.3 Å². The fourth-order valence-electron chi connectivity index (χ4n) is 2.65. The van der Waals surface area contributed by atoms with Crippen LogP contribution < -0.4 is 0 Å². The van der Waals surface area contributed by atoms with Crippen LogP contribution in [0.15, 0.2) is 48.1 Å². The first kappa shape index (κ1) is 21.1. The number of unbranched alkanes of at least 4 members (excludes halogenated alkanes) is 1. The zero-order valence-corrected chi connectivity index (χ0v) is 15.3. The summed E-state index contributed by atoms with van der Waals surface area (Å²) in [6.07, 6.45) is 17.9. The minimum Gasteiger partial charge on any atom is -0.469 e. The molecular weight excluding hydrogens is 316 g/mol. The molecule has 0 amide bonds. The Kier molecular flexibility index (Phi) is 10.5. The number of ketones is 1. The van der Waals surface area contributed by atoms with Crippen molar-refractivity contribution in [1.29, 1.82) is 0 Å². The van der Waals surface area contributed by atoms with Gasteiger partial charge in [0.15, 0.2) is 5.78 Å². The molecule has 0 aromatic rings. The molecule has 0 aromatic heterocycles. The van der Waals surface area contributed by atoms with Gasteiger partial charge >= 0.3 is 5.97 Å². The highest BCUT2D eigenvalue weighted by molar-refractivity contribution is 6.07. The summed E-state index contributed by atoms with van der Waals surface area (Å²) in [4.78, 5) is 23.0. The van der Waals surface area contributed by atoms with Crippen molar-refractivity contribution in [2.45, 2.75) is 58.0 Å². The molecule has 1 aliphatic carbocycles. The maximum Gasteiger partial charge on any atom is 0.305 e. The van der Waals surface area contributed by atoms with Crippen LogP contribution in [0.25, 0.3) is 0 Å². The Labute approximate surface area is 151 Å². The number of carbonyl (C=O) groups excluding carboxylic acids is 2. The van der Waals surface area contributed by atoms with Crippen molar-refractivity contribution in [3.8, 4) is 0 Å². The normalized spacial score (nSPS) is 20.2. The van der Waals surface area contributed by atoms with E-state index < -0.39 is 6.10 Å². The van der Waals surface area contributed by atoms with E-state index in [1.807, 2.05) is 30.4 Å². The predicted octanol–water partition coefficient (Wildman–Crippen LogP) is 4.06. The maximum atomic E-state index is 12.0. The van der Waals surface area contributed by atoms with Crippen LogP contribution in [0.2, 0.25) is 0 Å². The average Bonchev–Trinajstić information content (AvgIpc) is 2.96. The molecule has 1 aliphatic rings. The van der Waals surface area contributed by atoms with Crippen LogP contribution in [0.1, 0.15) is 51.9 Å². The Morgan fingerprint density at radius 1 is 1.28 bits per heavy atom. The van der Waals surface area contributed by atoms with Crippen molar-refractivity contribution in [2.24, 2.45) is 5.92 Å². The van der Waals surface area contributed by atoms with E-state index in [1.54, 1.807) is 6.08 Å². The van der Waals surface area contributed by atoms with Crippen molar-refractivity contribution in [3.05, 3.63) is 48.1 Å². The number of esters is 1. The third-order valence-corrected chi connectivity index (χ3v) is 4.12. The highest BCUT2D eigenvalue weighted by Crippen LogP contribution is 2.26. The van der Waals surface area contributed by atoms with Gasteiger partial charge < -0.3 is 9.84 Å². The van der Waals surface area contributed by atoms with Gasteiger partial charge in [-0.25, -0.2) is 0 Å². The zero-order chi connectivity index (χ0) is 18.5. The van der Waals surface area contributed by atoms with E-state index in [1.165, 1.54) is 7.11 Å². The molecule has 4 nitrogen and oxygen atoms in total. The Hall–Kier alpha value is -1.94. The lowest BCUT2D eigenvalue weighted by atomic mass is 9.96. The first-order chi connectivity index (χ1) is 12.1. The van der Waals surface area contributed by atoms with Gasteiger partial charge in [-0.1, -0.05) is 43.4 Å². The minimum absolute atomic E-state index is 0.0420. The Morgan fingerprint density at radius 2 is 2.08 bits per heavy atom. The summed E-state index contributed by atoms with van der Waals surface area (Å²) in [5, 5.41) is 9.97. The minimum atomic E-state index is -0.446. The van der Waals surface area contributed by atoms with Gasteiger partial charge in [0, 0.05) is 17.9 Å². The molecule has 0 saturated carbocycles. The Morgan fingerprint density at radius 3 is 2.80 bits per heavy atom. The van der Waals surface area contributed by atoms with Crippen molar-refractivity contribution in [1.82, 2.24) is 0 Å². The maximum absolute atomic E-state index is 12.0. The molecule has 1 N–H and O–H groups in total. The van der Waals surface area contributed by atoms with Crippen LogP contribution in [0.3, 0.4) is 0 Å². The molecule has 0 unspecified atom stereocenters. The van der Waals surface area contributed by atoms with E-state index >= 15 is 0 Å². The zero-order valence-electron chi connectivity index (χ0n) is 15.3. The van der Waals surface area contributed by atoms with Crippen LogP contribution in [-0.4, -0.2) is 30.1 Å². The largest absolute Gasteiger partial charge is 0.469 e. The lowest BCUT2D eigenvalue weighted by Gasteiger charge is -2.10. The molecule has 138 valence electrons. The van der Waals surface area contributed by atoms with Gasteiger partial charge in [-0.3, -0.25) is 9.59 Å². The molecule has 0 heterocycles. The Bertz CT molecular complexity index is 540. The van der Waals surface area contributed by atoms with Crippen LogP contribution in [-0.2, 0) is 14.3 Å². The number of carbonyl (C=O) groups is 2. The fraction of sp³-hybridized carbons (Fsp3) is 0.524. The van der Waals surface area contributed by atoms with Crippen molar-refractivity contribution >= 4 is 11.8 Å². The number of rotatable bonds is 11. The summed E-state index contributed by atoms with van der Waals surface area (Å²) in [6.45, 7) is 2.06. The molecule has 4 heteroatoms. The molecule has 0 aromatic carbocycles. The van der Waals surface area contributed by atoms with Gasteiger partial charge in [0.2, 0.25) is 0 Å². The van der Waals surface area contributed by atoms with E-state index in [-0.39, 0.29) is 17.7 Å². The third kappa shape index (κ3) is 8.64. The summed E-state index contributed by atoms with van der Waals surface area (Å²) in [7, 11) is 1.40. The number of ether oxygens (including phenoxy) is 1. The van der Waals surface area contributed by atoms with Gasteiger partial charge in [-0.15, -0.1) is 0 Å². The lowest BCUT2D eigenvalue weighted by molar-refractivity contribution is -0.140. The second kappa shape index (κ2) is 12.4. The van der Waals surface area contributed by atoms with Gasteiger partial charge in [-0.05, 0) is 44.6 Å². The molecule has 2 atom stereocenters. The third-order valence-electron chi connectivity index (χ3n) is 4.12. The molecule has 25 heavy (non-hydrogen) atoms. The van der Waals surface area contributed by atoms with Crippen LogP contribution >= 0.6 is 0 Å². The van der Waals surface area contributed by atoms with Gasteiger partial charge in [0.1, 0.15) is 0 Å². The van der Waals surface area contributed by atoms with Crippen molar-refractivity contribution in [3.63, 3.8) is 0 Å². The molecule has 0 saturated heterocycles. The van der Waals surface area contributed by atoms with Gasteiger partial charge in [-0.2, -0.15) is 0 Å². The van der Waals surface area contributed by atoms with E-state index in [2.05, 4.69) is 17.7 Å². The average molecular weight is 346 g/mol. The number of hydrogen-bond acceptors (Lipinski definition) is 4. The van der Waals surface area contributed by atoms with Crippen molar-refractivity contribution < 1.29 is 19.4 Å². The molecule has 0 fully saturated rings. The Balaban J connectivity index is 2.40. The van der Waals surface area contributed by atoms with Crippen molar-refractivity contribution in [2.75, 3.05) is 7.11 Å². The molecular formula is C21H30O4. The summed E-state index contributed by atoms with van der Waals surface area (Å²) in [6, 6.07) is 0. The standard InChI is InChI=1S/C21H30O4/c1-3-4-7-11-18(22)14-15-19-17(13-16-20(19)23)10-8-5-6-9-12-21(24)25-2/h4-5,7-8,13,15-18,22H,3,6,9-12,14H2,1-2H3/b7-4-,8-5-,19-15+/t17-,18-/m0/s1. The second-order valence-electron chi connectivity index (χ2n) is 6.17. The van der Waals surface area contributed by atoms with Crippen LogP contribution in [0, 0.1) is 5.92 Å². The van der Waals surface area contributed by atoms with E-state index in [9.17, 15) is 14.7 Å². The van der Waals surface area contributed by atoms with Crippen LogP contribution in [0.4, 0.5) is 0 Å². The highest BCUT2D eigenvalue weighted by atomic mass is 16.5. The molecule has 0 radical (unpaired) electrons. The van der Waals surface area contributed by atoms with E-state index in [4.69, 9.17) is 0 Å². The summed E-state index contributed by atoms with van der Waals surface area (Å²) in [5.74, 6) is -0.0570. The quantitative estimate of drug-likeness (QED) is 0.265. The first-order valence-electron chi connectivity index (χ1n) is 9.05. The fourth-order valence-corrected chi connectivity index (χ4v) is 2.65.